The molecule has 6 rings (SSSR count). The Bertz CT molecular complexity index is 3140. The van der Waals surface area contributed by atoms with E-state index in [-0.39, 0.29) is 48.1 Å². The fourth-order valence-corrected chi connectivity index (χ4v) is 10.7. The summed E-state index contributed by atoms with van der Waals surface area (Å²) in [6.07, 6.45) is -25.2. The highest BCUT2D eigenvalue weighted by molar-refractivity contribution is 7.14. The van der Waals surface area contributed by atoms with Gasteiger partial charge < -0.3 is 130 Å². The van der Waals surface area contributed by atoms with Gasteiger partial charge in [-0.25, -0.2) is 34.5 Å². The van der Waals surface area contributed by atoms with Crippen LogP contribution in [0.5, 0.6) is 0 Å². The van der Waals surface area contributed by atoms with Crippen LogP contribution in [-0.4, -0.2) is 247 Å². The first-order valence-electron chi connectivity index (χ1n) is 27.4. The van der Waals surface area contributed by atoms with Crippen molar-refractivity contribution in [3.63, 3.8) is 0 Å². The van der Waals surface area contributed by atoms with Crippen LogP contribution in [-0.2, 0) is 54.1 Å². The lowest BCUT2D eigenvalue weighted by Gasteiger charge is -2.47. The van der Waals surface area contributed by atoms with Gasteiger partial charge in [0.15, 0.2) is 24.4 Å². The van der Waals surface area contributed by atoms with Crippen molar-refractivity contribution >= 4 is 76.0 Å². The number of aliphatic hydroxyl groups excluding tert-OH is 8. The van der Waals surface area contributed by atoms with Gasteiger partial charge in [-0.1, -0.05) is 6.92 Å². The van der Waals surface area contributed by atoms with Crippen LogP contribution >= 0.6 is 22.7 Å². The molecule has 4 aromatic rings. The first kappa shape index (κ1) is 71.4. The molecule has 0 radical (unpaired) electrons. The number of carbonyl (C=O) groups is 8. The number of nitrogens with two attached hydrogens (primary N) is 5. The normalized spacial score (nSPS) is 24.8. The highest BCUT2D eigenvalue weighted by Crippen LogP contribution is 2.35. The van der Waals surface area contributed by atoms with E-state index in [2.05, 4.69) is 56.5 Å². The summed E-state index contributed by atoms with van der Waals surface area (Å²) in [7, 11) is 0. The number of nitrogens with one attached hydrogen (secondary N) is 6. The maximum Gasteiger partial charge on any atom is 0.404 e. The molecule has 0 aliphatic carbocycles. The zero-order valence-corrected chi connectivity index (χ0v) is 49.9. The Labute approximate surface area is 517 Å². The number of primary amides is 3. The average molecular weight is 1310 g/mol. The third-order valence-electron chi connectivity index (χ3n) is 14.3. The number of carboxylic acids is 1. The lowest BCUT2D eigenvalue weighted by atomic mass is 9.96. The Kier molecular flexibility index (Phi) is 25.3. The van der Waals surface area contributed by atoms with Gasteiger partial charge in [0, 0.05) is 42.3 Å². The van der Waals surface area contributed by atoms with E-state index in [1.54, 1.807) is 5.38 Å². The van der Waals surface area contributed by atoms with E-state index >= 15 is 4.79 Å². The standard InChI is InChI=1S/C50H72N16O22S2/c1-15-28(63-41(66-39(15)53)20(7-26(52)70)58-8-19(51)40(54)76)44(79)65-30(36(21-9-56-14-59-21)86-49-38(34(74)32(72)24(10-67)85-49)87-48-35(75)37(88-50(55)83)33(73)25(11-68)84-48)45(80)60-17(3)31(71)16(2)42(77)64-29(18(4)69)43(78)57-6-5-27-61-22(12-89-27)46-62-23(13-90-46)47(81)82/h9,12-14,16-20,24-25,29-38,48-49,58,67-69,71-75H,5-8,10-11,51H2,1-4H3,(H2,52,70)(H2,54,76)(H2,55,83)(H,56,59)(H,57,78)(H,60,80)(H,64,77)(H,65,79)(H,81,82)(H2,53,63,66)/t16-,17+,18+,19+,20+,24?,25?,29?,30-,31-,32-,33+,34?,35?,36?,37?,38?,48+,49-/m0/s1. The topological polar surface area (TPSA) is 635 Å². The lowest BCUT2D eigenvalue weighted by molar-refractivity contribution is -0.372. The van der Waals surface area contributed by atoms with Crippen molar-refractivity contribution in [1.82, 2.24) is 56.5 Å². The molecule has 4 aromatic heterocycles. The maximum absolute atomic E-state index is 15.1. The Morgan fingerprint density at radius 2 is 1.48 bits per heavy atom. The molecule has 25 N–H and O–H groups in total. The number of nitrogens with zero attached hydrogens (tertiary/aromatic N) is 5. The molecule has 0 aromatic carbocycles. The van der Waals surface area contributed by atoms with Gasteiger partial charge in [0.2, 0.25) is 29.5 Å². The van der Waals surface area contributed by atoms with E-state index in [0.29, 0.717) is 15.7 Å². The fraction of sp³-hybridized carbons (Fsp3) is 0.580. The summed E-state index contributed by atoms with van der Waals surface area (Å²) in [6, 6.07) is -7.88. The summed E-state index contributed by atoms with van der Waals surface area (Å²) < 4.78 is 28.6. The zero-order chi connectivity index (χ0) is 66.6. The minimum atomic E-state index is -2.20. The van der Waals surface area contributed by atoms with Crippen LogP contribution in [0, 0.1) is 12.8 Å². The molecule has 0 bridgehead atoms. The summed E-state index contributed by atoms with van der Waals surface area (Å²) in [5.41, 5.74) is 27.5. The van der Waals surface area contributed by atoms with Crippen molar-refractivity contribution in [3.05, 3.63) is 56.8 Å². The summed E-state index contributed by atoms with van der Waals surface area (Å²) >= 11 is 2.29. The minimum Gasteiger partial charge on any atom is -0.476 e. The number of aromatic nitrogens is 6. The number of ether oxygens (including phenoxy) is 5. The van der Waals surface area contributed by atoms with Crippen molar-refractivity contribution < 1.29 is 108 Å². The van der Waals surface area contributed by atoms with Gasteiger partial charge in [0.25, 0.3) is 5.91 Å². The van der Waals surface area contributed by atoms with Crippen LogP contribution in [0.25, 0.3) is 10.7 Å². The Morgan fingerprint density at radius 1 is 0.800 bits per heavy atom. The first-order valence-corrected chi connectivity index (χ1v) is 29.1. The molecule has 496 valence electrons. The number of aromatic amines is 1. The van der Waals surface area contributed by atoms with Gasteiger partial charge in [-0.2, -0.15) is 0 Å². The number of rotatable bonds is 31. The van der Waals surface area contributed by atoms with Crippen LogP contribution in [0.15, 0.2) is 23.3 Å². The number of amides is 7. The second kappa shape index (κ2) is 31.9. The van der Waals surface area contributed by atoms with E-state index in [4.69, 9.17) is 52.4 Å². The molecule has 6 heterocycles. The highest BCUT2D eigenvalue weighted by atomic mass is 32.1. The molecule has 0 spiro atoms. The van der Waals surface area contributed by atoms with Gasteiger partial charge in [-0.3, -0.25) is 28.8 Å². The van der Waals surface area contributed by atoms with Crippen molar-refractivity contribution in [2.75, 3.05) is 32.0 Å². The molecular weight excluding hydrogens is 1240 g/mol. The Hall–Kier alpha value is -7.65. The zero-order valence-electron chi connectivity index (χ0n) is 48.3. The second-order valence-electron chi connectivity index (χ2n) is 20.8. The second-order valence-corrected chi connectivity index (χ2v) is 22.6. The van der Waals surface area contributed by atoms with Crippen LogP contribution in [0.2, 0.25) is 0 Å². The molecule has 7 amide bonds. The smallest absolute Gasteiger partial charge is 0.404 e. The first-order chi connectivity index (χ1) is 42.5. The van der Waals surface area contributed by atoms with Gasteiger partial charge in [0.1, 0.15) is 89.0 Å². The molecule has 19 atom stereocenters. The molecular formula is C50H72N16O22S2. The molecule has 2 fully saturated rings. The van der Waals surface area contributed by atoms with Crippen LogP contribution in [0.3, 0.4) is 0 Å². The average Bonchev–Trinajstić information content (AvgIpc) is 0.905. The molecule has 2 aliphatic rings. The number of anilines is 1. The number of aromatic carboxylic acids is 1. The molecule has 8 unspecified atom stereocenters. The molecule has 40 heteroatoms. The third kappa shape index (κ3) is 17.9. The summed E-state index contributed by atoms with van der Waals surface area (Å²) in [6.45, 7) is 2.55. The highest BCUT2D eigenvalue weighted by Gasteiger charge is 2.54. The predicted octanol–water partition coefficient (Wildman–Crippen LogP) is -8.00. The number of nitrogen functional groups attached to an aromatic ring is 1. The van der Waals surface area contributed by atoms with Gasteiger partial charge in [-0.15, -0.1) is 22.7 Å². The lowest BCUT2D eigenvalue weighted by Crippen LogP contribution is -2.65. The van der Waals surface area contributed by atoms with Gasteiger partial charge in [0.05, 0.1) is 72.7 Å². The van der Waals surface area contributed by atoms with E-state index < -0.39 is 189 Å². The Balaban J connectivity index is 1.31. The number of carbonyl (C=O) groups excluding carboxylic acids is 7. The van der Waals surface area contributed by atoms with Crippen molar-refractivity contribution in [2.24, 2.45) is 28.9 Å². The van der Waals surface area contributed by atoms with Gasteiger partial charge >= 0.3 is 12.1 Å². The number of hydrogen-bond acceptors (Lipinski definition) is 31. The molecule has 0 saturated carbocycles. The quantitative estimate of drug-likeness (QED) is 0.0222. The van der Waals surface area contributed by atoms with E-state index in [9.17, 15) is 79.5 Å². The number of aliphatic hydroxyl groups is 8. The summed E-state index contributed by atoms with van der Waals surface area (Å²) in [5, 5.41) is 113. The van der Waals surface area contributed by atoms with Gasteiger partial charge in [-0.05, 0) is 20.8 Å². The van der Waals surface area contributed by atoms with Crippen LogP contribution in [0.1, 0.15) is 82.4 Å². The SMILES string of the molecule is Cc1c(N)nc([C@@H](CC(N)=O)NC[C@@H](N)C(N)=O)nc1C(=O)N[C@H](C(=O)N[C@H](C)[C@@H](O)[C@H](C)C(=O)NC(C(=O)NCCc1nc(-c2nc(C(=O)O)cs2)cs1)[C@@H](C)O)C(O[C@@H]1OC(CO)[C@H](O)C(O)C1O[C@H]1OC(CO)[C@@H](O)C(OC(N)=O)C1O)c1cnc[nH]1. The monoisotopic (exact) mass is 1310 g/mol. The number of imidazole rings is 1. The molecule has 38 nitrogen and oxygen atoms in total. The number of hydrogen-bond donors (Lipinski definition) is 20. The number of thiazole rings is 2. The van der Waals surface area contributed by atoms with E-state index in [1.165, 1.54) is 44.4 Å². The predicted molar refractivity (Wildman–Crippen MR) is 305 cm³/mol. The Morgan fingerprint density at radius 3 is 2.08 bits per heavy atom. The summed E-state index contributed by atoms with van der Waals surface area (Å²) in [5.74, 6) is -9.68. The molecule has 2 aliphatic heterocycles. The van der Waals surface area contributed by atoms with Crippen molar-refractivity contribution in [2.45, 2.75) is 150 Å². The molecule has 90 heavy (non-hydrogen) atoms. The number of H-pyrrole nitrogens is 1. The third-order valence-corrected chi connectivity index (χ3v) is 16.0. The van der Waals surface area contributed by atoms with E-state index in [1.807, 2.05) is 0 Å². The van der Waals surface area contributed by atoms with E-state index in [0.717, 1.165) is 23.9 Å². The van der Waals surface area contributed by atoms with Crippen LogP contribution in [0.4, 0.5) is 10.6 Å². The van der Waals surface area contributed by atoms with Crippen molar-refractivity contribution in [3.8, 4) is 10.7 Å². The molecule has 2 saturated heterocycles. The summed E-state index contributed by atoms with van der Waals surface area (Å²) in [4.78, 5) is 128. The fourth-order valence-electron chi connectivity index (χ4n) is 9.14. The van der Waals surface area contributed by atoms with Crippen molar-refractivity contribution in [1.29, 1.82) is 0 Å². The maximum atomic E-state index is 15.1. The largest absolute Gasteiger partial charge is 0.476 e. The minimum absolute atomic E-state index is 0.0370. The van der Waals surface area contributed by atoms with Crippen LogP contribution < -0.4 is 55.3 Å². The number of carboxylic acid groups (broad SMARTS) is 1.